The van der Waals surface area contributed by atoms with Crippen LogP contribution in [0.25, 0.3) is 0 Å². The number of hydrogen-bond donors (Lipinski definition) is 2. The number of aryl methyl sites for hydroxylation is 1. The van der Waals surface area contributed by atoms with Crippen molar-refractivity contribution in [3.63, 3.8) is 0 Å². The number of amides is 1. The van der Waals surface area contributed by atoms with Gasteiger partial charge in [0.05, 0.1) is 11.8 Å². The van der Waals surface area contributed by atoms with Gasteiger partial charge >= 0.3 is 6.18 Å². The van der Waals surface area contributed by atoms with E-state index in [4.69, 9.17) is 5.11 Å². The van der Waals surface area contributed by atoms with Crippen LogP contribution in [0, 0.1) is 5.92 Å². The van der Waals surface area contributed by atoms with Gasteiger partial charge in [0.15, 0.2) is 5.69 Å². The summed E-state index contributed by atoms with van der Waals surface area (Å²) in [5, 5.41) is 15.0. The lowest BCUT2D eigenvalue weighted by molar-refractivity contribution is -0.144. The molecule has 1 amide bonds. The molecule has 0 aliphatic rings. The topological polar surface area (TPSA) is 67.2 Å². The van der Waals surface area contributed by atoms with Crippen molar-refractivity contribution in [3.05, 3.63) is 17.5 Å². The molecule has 0 fully saturated rings. The number of carbonyl (C=O) groups is 1. The van der Waals surface area contributed by atoms with Crippen molar-refractivity contribution in [2.24, 2.45) is 5.92 Å². The molecule has 2 unspecified atom stereocenters. The molecule has 1 heterocycles. The zero-order valence-electron chi connectivity index (χ0n) is 11.5. The zero-order chi connectivity index (χ0) is 15.5. The third-order valence-corrected chi connectivity index (χ3v) is 3.15. The summed E-state index contributed by atoms with van der Waals surface area (Å²) in [6.45, 7) is 4.67. The molecule has 1 rings (SSSR count). The van der Waals surface area contributed by atoms with E-state index in [1.807, 2.05) is 0 Å². The zero-order valence-corrected chi connectivity index (χ0v) is 11.5. The largest absolute Gasteiger partial charge is 0.433 e. The Kier molecular flexibility index (Phi) is 5.15. The van der Waals surface area contributed by atoms with Crippen LogP contribution in [0.5, 0.6) is 0 Å². The van der Waals surface area contributed by atoms with Crippen LogP contribution in [-0.2, 0) is 12.7 Å². The quantitative estimate of drug-likeness (QED) is 0.868. The van der Waals surface area contributed by atoms with E-state index < -0.39 is 29.4 Å². The molecule has 0 saturated heterocycles. The summed E-state index contributed by atoms with van der Waals surface area (Å²) in [5.74, 6) is -1.10. The van der Waals surface area contributed by atoms with Gasteiger partial charge in [0, 0.05) is 19.2 Å². The number of aliphatic hydroxyl groups is 1. The first-order valence-electron chi connectivity index (χ1n) is 6.27. The minimum atomic E-state index is -4.65. The van der Waals surface area contributed by atoms with Crippen molar-refractivity contribution in [1.82, 2.24) is 15.1 Å². The van der Waals surface area contributed by atoms with E-state index in [1.165, 1.54) is 6.92 Å². The van der Waals surface area contributed by atoms with Crippen LogP contribution in [0.3, 0.4) is 0 Å². The predicted octanol–water partition coefficient (Wildman–Crippen LogP) is 1.67. The van der Waals surface area contributed by atoms with E-state index in [9.17, 15) is 18.0 Å². The van der Waals surface area contributed by atoms with Gasteiger partial charge in [-0.3, -0.25) is 9.48 Å². The van der Waals surface area contributed by atoms with Gasteiger partial charge in [0.2, 0.25) is 0 Å². The monoisotopic (exact) mass is 293 g/mol. The summed E-state index contributed by atoms with van der Waals surface area (Å²) < 4.78 is 39.7. The highest BCUT2D eigenvalue weighted by atomic mass is 19.4. The van der Waals surface area contributed by atoms with E-state index in [0.717, 1.165) is 10.9 Å². The summed E-state index contributed by atoms with van der Waals surface area (Å²) in [6.07, 6.45) is -3.73. The van der Waals surface area contributed by atoms with Crippen molar-refractivity contribution in [2.45, 2.75) is 39.5 Å². The molecule has 0 aliphatic heterocycles. The second kappa shape index (κ2) is 6.25. The second-order valence-corrected chi connectivity index (χ2v) is 4.64. The van der Waals surface area contributed by atoms with Crippen LogP contribution in [0.2, 0.25) is 0 Å². The van der Waals surface area contributed by atoms with Gasteiger partial charge in [-0.05, 0) is 19.8 Å². The van der Waals surface area contributed by atoms with Gasteiger partial charge in [-0.1, -0.05) is 6.92 Å². The standard InChI is InChI=1S/C12H18F3N3O2/c1-4-18-10(12(13,14)15)9(5-16-18)11(20)17-8(3)7(2)6-19/h5,7-8,19H,4,6H2,1-3H3,(H,17,20). The molecule has 5 nitrogen and oxygen atoms in total. The molecule has 1 aromatic heterocycles. The third-order valence-electron chi connectivity index (χ3n) is 3.15. The van der Waals surface area contributed by atoms with Crippen molar-refractivity contribution >= 4 is 5.91 Å². The van der Waals surface area contributed by atoms with Crippen LogP contribution in [0.1, 0.15) is 36.8 Å². The van der Waals surface area contributed by atoms with E-state index in [-0.39, 0.29) is 19.1 Å². The van der Waals surface area contributed by atoms with Crippen molar-refractivity contribution < 1.29 is 23.1 Å². The van der Waals surface area contributed by atoms with Crippen LogP contribution in [-0.4, -0.2) is 33.4 Å². The fourth-order valence-corrected chi connectivity index (χ4v) is 1.68. The summed E-state index contributed by atoms with van der Waals surface area (Å²) in [5.41, 5.74) is -1.56. The Morgan fingerprint density at radius 2 is 2.10 bits per heavy atom. The molecule has 1 aromatic rings. The van der Waals surface area contributed by atoms with Gasteiger partial charge in [0.25, 0.3) is 5.91 Å². The maximum absolute atomic E-state index is 13.0. The highest BCUT2D eigenvalue weighted by Gasteiger charge is 2.40. The van der Waals surface area contributed by atoms with Crippen LogP contribution < -0.4 is 5.32 Å². The SMILES string of the molecule is CCn1ncc(C(=O)NC(C)C(C)CO)c1C(F)(F)F. The molecule has 20 heavy (non-hydrogen) atoms. The molecule has 0 spiro atoms. The van der Waals surface area contributed by atoms with E-state index in [2.05, 4.69) is 10.4 Å². The van der Waals surface area contributed by atoms with Crippen molar-refractivity contribution in [3.8, 4) is 0 Å². The minimum Gasteiger partial charge on any atom is -0.396 e. The number of nitrogens with zero attached hydrogens (tertiary/aromatic N) is 2. The van der Waals surface area contributed by atoms with Crippen LogP contribution in [0.4, 0.5) is 13.2 Å². The molecule has 2 N–H and O–H groups in total. The maximum Gasteiger partial charge on any atom is 0.433 e. The fraction of sp³-hybridized carbons (Fsp3) is 0.667. The minimum absolute atomic E-state index is 0.0186. The first-order valence-corrected chi connectivity index (χ1v) is 6.27. The Balaban J connectivity index is 3.03. The number of alkyl halides is 3. The summed E-state index contributed by atoms with van der Waals surface area (Å²) in [4.78, 5) is 11.9. The number of hydrogen-bond acceptors (Lipinski definition) is 3. The van der Waals surface area contributed by atoms with E-state index >= 15 is 0 Å². The molecule has 114 valence electrons. The van der Waals surface area contributed by atoms with Gasteiger partial charge in [0.1, 0.15) is 0 Å². The van der Waals surface area contributed by atoms with E-state index in [0.29, 0.717) is 0 Å². The smallest absolute Gasteiger partial charge is 0.396 e. The predicted molar refractivity (Wildman–Crippen MR) is 66.1 cm³/mol. The Labute approximate surface area is 114 Å². The van der Waals surface area contributed by atoms with Crippen LogP contribution >= 0.6 is 0 Å². The summed E-state index contributed by atoms with van der Waals surface area (Å²) in [6, 6.07) is -0.446. The first kappa shape index (κ1) is 16.5. The second-order valence-electron chi connectivity index (χ2n) is 4.64. The average Bonchev–Trinajstić information content (AvgIpc) is 2.81. The van der Waals surface area contributed by atoms with Crippen molar-refractivity contribution in [2.75, 3.05) is 6.61 Å². The number of aromatic nitrogens is 2. The highest BCUT2D eigenvalue weighted by molar-refractivity contribution is 5.95. The van der Waals surface area contributed by atoms with Crippen molar-refractivity contribution in [1.29, 1.82) is 0 Å². The Morgan fingerprint density at radius 3 is 2.55 bits per heavy atom. The number of aliphatic hydroxyl groups excluding tert-OH is 1. The van der Waals surface area contributed by atoms with Crippen LogP contribution in [0.15, 0.2) is 6.20 Å². The van der Waals surface area contributed by atoms with Gasteiger partial charge in [-0.15, -0.1) is 0 Å². The normalized spacial score (nSPS) is 14.9. The molecule has 0 saturated carbocycles. The Morgan fingerprint density at radius 1 is 1.50 bits per heavy atom. The maximum atomic E-state index is 13.0. The third kappa shape index (κ3) is 3.50. The lowest BCUT2D eigenvalue weighted by Gasteiger charge is -2.19. The molecular weight excluding hydrogens is 275 g/mol. The Hall–Kier alpha value is -1.57. The lowest BCUT2D eigenvalue weighted by Crippen LogP contribution is -2.39. The molecule has 0 aromatic carbocycles. The highest BCUT2D eigenvalue weighted by Crippen LogP contribution is 2.32. The fourth-order valence-electron chi connectivity index (χ4n) is 1.68. The molecular formula is C12H18F3N3O2. The molecule has 0 aliphatic carbocycles. The molecule has 8 heteroatoms. The van der Waals surface area contributed by atoms with Gasteiger partial charge in [-0.2, -0.15) is 18.3 Å². The number of nitrogens with one attached hydrogen (secondary N) is 1. The molecule has 0 radical (unpaired) electrons. The van der Waals surface area contributed by atoms with Gasteiger partial charge < -0.3 is 10.4 Å². The summed E-state index contributed by atoms with van der Waals surface area (Å²) in [7, 11) is 0. The summed E-state index contributed by atoms with van der Waals surface area (Å²) >= 11 is 0. The first-order chi connectivity index (χ1) is 9.22. The number of carbonyl (C=O) groups excluding carboxylic acids is 1. The number of rotatable bonds is 5. The molecule has 2 atom stereocenters. The Bertz CT molecular complexity index is 471. The van der Waals surface area contributed by atoms with Gasteiger partial charge in [-0.25, -0.2) is 0 Å². The van der Waals surface area contributed by atoms with E-state index in [1.54, 1.807) is 13.8 Å². The lowest BCUT2D eigenvalue weighted by atomic mass is 10.0. The average molecular weight is 293 g/mol. The molecule has 0 bridgehead atoms. The number of halogens is 3.